The first-order chi connectivity index (χ1) is 15.7. The Labute approximate surface area is 190 Å². The van der Waals surface area contributed by atoms with Crippen LogP contribution in [0.5, 0.6) is 0 Å². The van der Waals surface area contributed by atoms with Crippen molar-refractivity contribution >= 4 is 33.7 Å². The molecule has 0 saturated heterocycles. The Hall–Kier alpha value is -4.79. The highest BCUT2D eigenvalue weighted by atomic mass is 15.0. The Morgan fingerprint density at radius 2 is 1.21 bits per heavy atom. The second-order valence-electron chi connectivity index (χ2n) is 6.96. The highest BCUT2D eigenvalue weighted by Gasteiger charge is 2.09. The van der Waals surface area contributed by atoms with Crippen LogP contribution < -0.4 is 11.5 Å². The molecule has 0 fully saturated rings. The van der Waals surface area contributed by atoms with Crippen LogP contribution in [0.25, 0.3) is 44.8 Å². The number of nitrogens with zero attached hydrogens (tertiary/aromatic N) is 5. The van der Waals surface area contributed by atoms with Gasteiger partial charge in [-0.3, -0.25) is 0 Å². The lowest BCUT2D eigenvalue weighted by Gasteiger charge is -1.98. The highest BCUT2D eigenvalue weighted by molar-refractivity contribution is 5.82. The zero-order valence-corrected chi connectivity index (χ0v) is 16.9. The van der Waals surface area contributed by atoms with Gasteiger partial charge in [0.05, 0.1) is 33.2 Å². The smallest absolute Gasteiger partial charge is 0.143 e. The van der Waals surface area contributed by atoms with E-state index in [4.69, 9.17) is 11.5 Å². The van der Waals surface area contributed by atoms with Crippen LogP contribution >= 0.6 is 0 Å². The zero-order chi connectivity index (χ0) is 21.9. The summed E-state index contributed by atoms with van der Waals surface area (Å²) in [5.74, 6) is 2.36. The average Bonchev–Trinajstić information content (AvgIpc) is 3.44. The van der Waals surface area contributed by atoms with Gasteiger partial charge in [-0.1, -0.05) is 31.7 Å². The second-order valence-corrected chi connectivity index (χ2v) is 6.96. The summed E-state index contributed by atoms with van der Waals surface area (Å²) in [6, 6.07) is 19.4. The fourth-order valence-electron chi connectivity index (χ4n) is 3.30. The molecule has 0 amide bonds. The molecule has 0 radical (unpaired) electrons. The number of nitrogens with two attached hydrogens (primary N) is 2. The molecule has 0 spiro atoms. The summed E-state index contributed by atoms with van der Waals surface area (Å²) in [7, 11) is 0. The van der Waals surface area contributed by atoms with Crippen LogP contribution in [0.4, 0.5) is 11.6 Å². The first kappa shape index (κ1) is 21.4. The molecule has 0 atom stereocenters. The monoisotopic (exact) mass is 437 g/mol. The molecule has 0 saturated carbocycles. The number of benzene rings is 2. The Kier molecular flexibility index (Phi) is 5.94. The number of fused-ring (bicyclic) bond motifs is 2. The summed E-state index contributed by atoms with van der Waals surface area (Å²) in [6.45, 7) is 0. The first-order valence-electron chi connectivity index (χ1n) is 9.85. The Bertz CT molecular complexity index is 1340. The van der Waals surface area contributed by atoms with Gasteiger partial charge >= 0.3 is 0 Å². The first-order valence-corrected chi connectivity index (χ1v) is 9.85. The number of hydrogen-bond acceptors (Lipinski definition) is 7. The number of nitrogen functional groups attached to an aromatic ring is 2. The summed E-state index contributed by atoms with van der Waals surface area (Å²) in [5, 5.41) is 0. The van der Waals surface area contributed by atoms with Crippen molar-refractivity contribution in [3.8, 4) is 22.8 Å². The zero-order valence-electron chi connectivity index (χ0n) is 16.9. The number of aromatic amines is 2. The maximum absolute atomic E-state index is 5.80. The average molecular weight is 438 g/mol. The molecule has 164 valence electrons. The Morgan fingerprint density at radius 1 is 0.636 bits per heavy atom. The molecular weight excluding hydrogens is 414 g/mol. The van der Waals surface area contributed by atoms with Crippen molar-refractivity contribution < 1.29 is 0 Å². The summed E-state index contributed by atoms with van der Waals surface area (Å²) in [6.07, 6.45) is 4.74. The number of rotatable bonds is 2. The predicted molar refractivity (Wildman–Crippen MR) is 132 cm³/mol. The minimum Gasteiger partial charge on any atom is -0.383 e. The van der Waals surface area contributed by atoms with E-state index in [1.54, 1.807) is 12.4 Å². The van der Waals surface area contributed by atoms with Gasteiger partial charge in [0.25, 0.3) is 0 Å². The van der Waals surface area contributed by atoms with Crippen LogP contribution in [0.1, 0.15) is 7.43 Å². The molecule has 33 heavy (non-hydrogen) atoms. The normalized spacial score (nSPS) is 10.4. The van der Waals surface area contributed by atoms with E-state index in [1.807, 2.05) is 60.7 Å². The molecule has 4 heterocycles. The fraction of sp³-hybridized carbons (Fsp3) is 0.0417. The van der Waals surface area contributed by atoms with E-state index in [1.165, 1.54) is 6.33 Å². The van der Waals surface area contributed by atoms with Gasteiger partial charge in [-0.05, 0) is 36.4 Å². The van der Waals surface area contributed by atoms with Crippen LogP contribution in [0.15, 0.2) is 79.4 Å². The lowest BCUT2D eigenvalue weighted by atomic mass is 10.2. The van der Waals surface area contributed by atoms with Gasteiger partial charge in [0.1, 0.15) is 29.6 Å². The number of pyridine rings is 1. The standard InChI is InChI=1S/C12H10N4.C11H9N5.CH4/c13-11-8(4-3-7-14-11)12-15-9-5-1-2-6-10(9)16-12;12-10-7(5-13-6-14-10)11-15-8-3-1-2-4-9(8)16-11;/h1-7H,(H2,13,14)(H,15,16);1-6H,(H,15,16)(H2,12,13,14);1H4. The van der Waals surface area contributed by atoms with E-state index in [9.17, 15) is 0 Å². The maximum Gasteiger partial charge on any atom is 0.143 e. The molecule has 6 rings (SSSR count). The third kappa shape index (κ3) is 4.33. The van der Waals surface area contributed by atoms with Gasteiger partial charge in [0, 0.05) is 12.4 Å². The van der Waals surface area contributed by atoms with E-state index in [0.29, 0.717) is 17.5 Å². The summed E-state index contributed by atoms with van der Waals surface area (Å²) >= 11 is 0. The minimum absolute atomic E-state index is 0. The largest absolute Gasteiger partial charge is 0.383 e. The van der Waals surface area contributed by atoms with E-state index in [0.717, 1.165) is 39.0 Å². The number of H-pyrrole nitrogens is 2. The number of hydrogen-bond donors (Lipinski definition) is 4. The van der Waals surface area contributed by atoms with Gasteiger partial charge in [0.2, 0.25) is 0 Å². The summed E-state index contributed by atoms with van der Waals surface area (Å²) < 4.78 is 0. The number of anilines is 2. The van der Waals surface area contributed by atoms with Gasteiger partial charge < -0.3 is 21.4 Å². The van der Waals surface area contributed by atoms with Gasteiger partial charge in [-0.15, -0.1) is 0 Å². The molecule has 0 bridgehead atoms. The molecule has 0 aliphatic rings. The third-order valence-electron chi connectivity index (χ3n) is 4.87. The quantitative estimate of drug-likeness (QED) is 0.313. The predicted octanol–water partition coefficient (Wildman–Crippen LogP) is 4.45. The topological polar surface area (TPSA) is 148 Å². The molecule has 6 N–H and O–H groups in total. The van der Waals surface area contributed by atoms with Crippen molar-refractivity contribution in [3.63, 3.8) is 0 Å². The minimum atomic E-state index is 0. The molecule has 0 aliphatic carbocycles. The van der Waals surface area contributed by atoms with Gasteiger partial charge in [-0.25, -0.2) is 24.9 Å². The van der Waals surface area contributed by atoms with Crippen molar-refractivity contribution in [2.24, 2.45) is 0 Å². The van der Waals surface area contributed by atoms with Crippen LogP contribution in [0.2, 0.25) is 0 Å². The molecule has 9 nitrogen and oxygen atoms in total. The molecular formula is C24H23N9. The number of aromatic nitrogens is 7. The van der Waals surface area contributed by atoms with Gasteiger partial charge in [-0.2, -0.15) is 0 Å². The maximum atomic E-state index is 5.80. The van der Waals surface area contributed by atoms with Gasteiger partial charge in [0.15, 0.2) is 0 Å². The number of nitrogens with one attached hydrogen (secondary N) is 2. The molecule has 4 aromatic heterocycles. The highest BCUT2D eigenvalue weighted by Crippen LogP contribution is 2.24. The molecule has 9 heteroatoms. The lowest BCUT2D eigenvalue weighted by molar-refractivity contribution is 1.16. The van der Waals surface area contributed by atoms with Crippen LogP contribution in [0, 0.1) is 0 Å². The van der Waals surface area contributed by atoms with Crippen molar-refractivity contribution in [1.82, 2.24) is 34.9 Å². The summed E-state index contributed by atoms with van der Waals surface area (Å²) in [4.78, 5) is 27.2. The van der Waals surface area contributed by atoms with Crippen molar-refractivity contribution in [2.45, 2.75) is 7.43 Å². The SMILES string of the molecule is C.Nc1ncccc1-c1nc2ccccc2[nH]1.Nc1ncncc1-c1nc2ccccc2[nH]1. The van der Waals surface area contributed by atoms with E-state index in [2.05, 4.69) is 34.9 Å². The second kappa shape index (κ2) is 9.15. The van der Waals surface area contributed by atoms with Crippen molar-refractivity contribution in [3.05, 3.63) is 79.4 Å². The van der Waals surface area contributed by atoms with Crippen LogP contribution in [-0.2, 0) is 0 Å². The molecule has 0 unspecified atom stereocenters. The van der Waals surface area contributed by atoms with Crippen molar-refractivity contribution in [2.75, 3.05) is 11.5 Å². The Morgan fingerprint density at radius 3 is 1.79 bits per heavy atom. The van der Waals surface area contributed by atoms with Crippen LogP contribution in [-0.4, -0.2) is 34.9 Å². The van der Waals surface area contributed by atoms with E-state index >= 15 is 0 Å². The third-order valence-corrected chi connectivity index (χ3v) is 4.87. The lowest BCUT2D eigenvalue weighted by Crippen LogP contribution is -1.95. The van der Waals surface area contributed by atoms with E-state index in [-0.39, 0.29) is 7.43 Å². The molecule has 2 aromatic carbocycles. The van der Waals surface area contributed by atoms with E-state index < -0.39 is 0 Å². The number of para-hydroxylation sites is 4. The molecule has 0 aliphatic heterocycles. The number of imidazole rings is 2. The molecule has 6 aromatic rings. The Balaban J connectivity index is 0.000000152. The van der Waals surface area contributed by atoms with Crippen LogP contribution in [0.3, 0.4) is 0 Å². The fourth-order valence-corrected chi connectivity index (χ4v) is 3.30. The van der Waals surface area contributed by atoms with Crippen molar-refractivity contribution in [1.29, 1.82) is 0 Å². The summed E-state index contributed by atoms with van der Waals surface area (Å²) in [5.41, 5.74) is 16.9.